The minimum Gasteiger partial charge on any atom is -0.376 e. The molecule has 2 rings (SSSR count). The summed E-state index contributed by atoms with van der Waals surface area (Å²) in [4.78, 5) is 23.4. The normalized spacial score (nSPS) is 11.8. The van der Waals surface area contributed by atoms with Gasteiger partial charge in [0.1, 0.15) is 0 Å². The minimum absolute atomic E-state index is 0.0444. The predicted molar refractivity (Wildman–Crippen MR) is 88.4 cm³/mol. The molecule has 134 valence electrons. The molecule has 2 aromatic rings. The quantitative estimate of drug-likeness (QED) is 0.822. The van der Waals surface area contributed by atoms with E-state index in [9.17, 15) is 22.8 Å². The number of nitrogens with one attached hydrogen (secondary N) is 1. The number of hydrogen-bond acceptors (Lipinski definition) is 3. The smallest absolute Gasteiger partial charge is 0.376 e. The fraction of sp³-hybridized carbons (Fsp3) is 0.222. The highest BCUT2D eigenvalue weighted by Crippen LogP contribution is 2.21. The third-order valence-corrected chi connectivity index (χ3v) is 3.01. The van der Waals surface area contributed by atoms with Crippen LogP contribution in [0.4, 0.5) is 18.9 Å². The van der Waals surface area contributed by atoms with Gasteiger partial charge in [-0.05, 0) is 24.3 Å². The van der Waals surface area contributed by atoms with Crippen molar-refractivity contribution in [3.05, 3.63) is 65.7 Å². The van der Waals surface area contributed by atoms with Gasteiger partial charge in [0.15, 0.2) is 5.78 Å². The van der Waals surface area contributed by atoms with Gasteiger partial charge in [-0.2, -0.15) is 13.2 Å². The molecule has 0 spiro atoms. The Kier molecular flexibility index (Phi) is 7.32. The van der Waals surface area contributed by atoms with E-state index in [1.54, 1.807) is 30.3 Å². The van der Waals surface area contributed by atoms with Gasteiger partial charge in [-0.25, -0.2) is 0 Å². The Labute approximate surface area is 143 Å². The number of hydrogen-bond donors (Lipinski definition) is 2. The molecule has 0 heterocycles. The molecule has 2 aromatic carbocycles. The molecule has 0 aliphatic carbocycles. The van der Waals surface area contributed by atoms with Crippen LogP contribution in [0.1, 0.15) is 29.8 Å². The molecule has 0 aromatic heterocycles. The number of aliphatic hydroxyl groups excluding tert-OH is 1. The van der Waals surface area contributed by atoms with E-state index in [1.165, 1.54) is 24.3 Å². The van der Waals surface area contributed by atoms with Crippen molar-refractivity contribution < 1.29 is 27.9 Å². The highest BCUT2D eigenvalue weighted by molar-refractivity contribution is 6.09. The molecule has 0 unspecified atom stereocenters. The van der Waals surface area contributed by atoms with Gasteiger partial charge < -0.3 is 10.4 Å². The largest absolute Gasteiger partial charge is 0.423 e. The summed E-state index contributed by atoms with van der Waals surface area (Å²) >= 11 is 0. The minimum atomic E-state index is -5.03. The number of ketones is 1. The van der Waals surface area contributed by atoms with E-state index in [0.29, 0.717) is 11.1 Å². The van der Waals surface area contributed by atoms with Crippen molar-refractivity contribution in [2.75, 3.05) is 5.32 Å². The summed E-state index contributed by atoms with van der Waals surface area (Å²) in [6.45, 7) is 4.00. The average Bonchev–Trinajstić information content (AvgIpc) is 2.62. The van der Waals surface area contributed by atoms with Gasteiger partial charge >= 0.3 is 6.18 Å². The lowest BCUT2D eigenvalue weighted by molar-refractivity contribution is -0.202. The van der Waals surface area contributed by atoms with E-state index in [1.807, 2.05) is 19.2 Å². The van der Waals surface area contributed by atoms with Gasteiger partial charge in [-0.3, -0.25) is 9.59 Å². The predicted octanol–water partition coefficient (Wildman–Crippen LogP) is 3.81. The number of benzene rings is 2. The maximum absolute atomic E-state index is 12.2. The van der Waals surface area contributed by atoms with Crippen molar-refractivity contribution in [2.24, 2.45) is 0 Å². The zero-order valence-corrected chi connectivity index (χ0v) is 13.7. The Bertz CT molecular complexity index is 698. The van der Waals surface area contributed by atoms with Crippen molar-refractivity contribution in [1.29, 1.82) is 0 Å². The SMILES string of the molecule is CC.O=C(c1ccccc1)c1ccc(NC(=O)[C@H](O)C(F)(F)F)cc1. The molecule has 0 radical (unpaired) electrons. The molecule has 0 fully saturated rings. The summed E-state index contributed by atoms with van der Waals surface area (Å²) in [5.41, 5.74) is 0.838. The Morgan fingerprint density at radius 2 is 1.40 bits per heavy atom. The Hall–Kier alpha value is -2.67. The number of alkyl halides is 3. The molecule has 0 aliphatic rings. The van der Waals surface area contributed by atoms with Crippen molar-refractivity contribution in [3.8, 4) is 0 Å². The van der Waals surface area contributed by atoms with Gasteiger partial charge in [0, 0.05) is 16.8 Å². The van der Waals surface area contributed by atoms with Crippen LogP contribution >= 0.6 is 0 Å². The first-order valence-corrected chi connectivity index (χ1v) is 7.54. The number of aliphatic hydroxyl groups is 1. The summed E-state index contributed by atoms with van der Waals surface area (Å²) in [5, 5.41) is 10.7. The molecule has 7 heteroatoms. The summed E-state index contributed by atoms with van der Waals surface area (Å²) in [7, 11) is 0. The van der Waals surface area contributed by atoms with Crippen LogP contribution in [-0.4, -0.2) is 29.1 Å². The van der Waals surface area contributed by atoms with E-state index in [0.717, 1.165) is 0 Å². The molecular formula is C18H18F3NO3. The highest BCUT2D eigenvalue weighted by atomic mass is 19.4. The second-order valence-corrected chi connectivity index (χ2v) is 4.71. The van der Waals surface area contributed by atoms with Crippen LogP contribution in [0.2, 0.25) is 0 Å². The zero-order valence-electron chi connectivity index (χ0n) is 13.7. The maximum Gasteiger partial charge on any atom is 0.423 e. The molecule has 0 saturated heterocycles. The number of rotatable bonds is 4. The molecule has 4 nitrogen and oxygen atoms in total. The number of amides is 1. The number of halogens is 3. The monoisotopic (exact) mass is 353 g/mol. The molecule has 0 bridgehead atoms. The van der Waals surface area contributed by atoms with Gasteiger partial charge in [0.2, 0.25) is 6.10 Å². The molecule has 2 N–H and O–H groups in total. The van der Waals surface area contributed by atoms with Crippen molar-refractivity contribution >= 4 is 17.4 Å². The number of carbonyl (C=O) groups is 2. The van der Waals surface area contributed by atoms with Crippen LogP contribution in [0.25, 0.3) is 0 Å². The molecular weight excluding hydrogens is 335 g/mol. The summed E-state index contributed by atoms with van der Waals surface area (Å²) in [6, 6.07) is 13.8. The lowest BCUT2D eigenvalue weighted by Gasteiger charge is -2.14. The second kappa shape index (κ2) is 8.98. The van der Waals surface area contributed by atoms with E-state index in [4.69, 9.17) is 5.11 Å². The molecule has 25 heavy (non-hydrogen) atoms. The summed E-state index contributed by atoms with van der Waals surface area (Å²) < 4.78 is 36.6. The third-order valence-electron chi connectivity index (χ3n) is 3.01. The van der Waals surface area contributed by atoms with Crippen LogP contribution in [0.15, 0.2) is 54.6 Å². The van der Waals surface area contributed by atoms with Gasteiger partial charge in [-0.15, -0.1) is 0 Å². The topological polar surface area (TPSA) is 66.4 Å². The van der Waals surface area contributed by atoms with Crippen LogP contribution < -0.4 is 5.32 Å². The first-order chi connectivity index (χ1) is 11.8. The third kappa shape index (κ3) is 5.72. The standard InChI is InChI=1S/C16H12F3NO3.C2H6/c17-16(18,19)14(22)15(23)20-12-8-6-11(7-9-12)13(21)10-4-2-1-3-5-10;1-2/h1-9,14,22H,(H,20,23);1-2H3/t14-;/m0./s1. The lowest BCUT2D eigenvalue weighted by Crippen LogP contribution is -2.40. The summed E-state index contributed by atoms with van der Waals surface area (Å²) in [6.07, 6.45) is -8.14. The molecule has 0 saturated carbocycles. The zero-order chi connectivity index (χ0) is 19.0. The lowest BCUT2D eigenvalue weighted by atomic mass is 10.0. The Morgan fingerprint density at radius 3 is 1.88 bits per heavy atom. The van der Waals surface area contributed by atoms with Gasteiger partial charge in [0.25, 0.3) is 5.91 Å². The Balaban J connectivity index is 0.00000151. The average molecular weight is 353 g/mol. The highest BCUT2D eigenvalue weighted by Gasteiger charge is 2.43. The first kappa shape index (κ1) is 20.4. The van der Waals surface area contributed by atoms with E-state index >= 15 is 0 Å². The second-order valence-electron chi connectivity index (χ2n) is 4.71. The molecule has 0 aliphatic heterocycles. The number of anilines is 1. The van der Waals surface area contributed by atoms with E-state index in [2.05, 4.69) is 0 Å². The maximum atomic E-state index is 12.2. The number of carbonyl (C=O) groups excluding carboxylic acids is 2. The molecule has 1 amide bonds. The van der Waals surface area contributed by atoms with Crippen LogP contribution in [0, 0.1) is 0 Å². The summed E-state index contributed by atoms with van der Waals surface area (Å²) in [5.74, 6) is -1.83. The van der Waals surface area contributed by atoms with Crippen molar-refractivity contribution in [2.45, 2.75) is 26.1 Å². The fourth-order valence-corrected chi connectivity index (χ4v) is 1.82. The molecule has 1 atom stereocenters. The van der Waals surface area contributed by atoms with Gasteiger partial charge in [-0.1, -0.05) is 44.2 Å². The van der Waals surface area contributed by atoms with Crippen LogP contribution in [0.3, 0.4) is 0 Å². The fourth-order valence-electron chi connectivity index (χ4n) is 1.82. The van der Waals surface area contributed by atoms with Crippen molar-refractivity contribution in [3.63, 3.8) is 0 Å². The Morgan fingerprint density at radius 1 is 0.920 bits per heavy atom. The van der Waals surface area contributed by atoms with Gasteiger partial charge in [0.05, 0.1) is 0 Å². The van der Waals surface area contributed by atoms with Crippen LogP contribution in [0.5, 0.6) is 0 Å². The first-order valence-electron chi connectivity index (χ1n) is 7.54. The van der Waals surface area contributed by atoms with Crippen molar-refractivity contribution in [1.82, 2.24) is 0 Å². The van der Waals surface area contributed by atoms with E-state index in [-0.39, 0.29) is 11.5 Å². The van der Waals surface area contributed by atoms with Crippen LogP contribution in [-0.2, 0) is 4.79 Å². The van der Waals surface area contributed by atoms with E-state index < -0.39 is 18.2 Å².